The molecule has 0 aliphatic carbocycles. The van der Waals surface area contributed by atoms with Crippen molar-refractivity contribution in [3.05, 3.63) is 29.8 Å². The SMILES string of the molecule is CC(C)(C)c1ccc(NC(=O)NCC#CCN2CCOCC2)cc1. The van der Waals surface area contributed by atoms with Crippen molar-refractivity contribution in [3.63, 3.8) is 0 Å². The third-order valence-corrected chi connectivity index (χ3v) is 3.88. The van der Waals surface area contributed by atoms with Crippen LogP contribution in [-0.2, 0) is 10.2 Å². The van der Waals surface area contributed by atoms with Gasteiger partial charge in [0.2, 0.25) is 0 Å². The van der Waals surface area contributed by atoms with E-state index < -0.39 is 0 Å². The molecule has 0 spiro atoms. The molecule has 0 bridgehead atoms. The monoisotopic (exact) mass is 329 g/mol. The molecule has 1 heterocycles. The van der Waals surface area contributed by atoms with E-state index in [4.69, 9.17) is 4.74 Å². The summed E-state index contributed by atoms with van der Waals surface area (Å²) in [6.07, 6.45) is 0. The van der Waals surface area contributed by atoms with Gasteiger partial charge in [-0.15, -0.1) is 0 Å². The van der Waals surface area contributed by atoms with Crippen LogP contribution >= 0.6 is 0 Å². The lowest BCUT2D eigenvalue weighted by molar-refractivity contribution is 0.0443. The summed E-state index contributed by atoms with van der Waals surface area (Å²) in [4.78, 5) is 14.1. The molecule has 5 heteroatoms. The topological polar surface area (TPSA) is 53.6 Å². The van der Waals surface area contributed by atoms with Crippen molar-refractivity contribution in [1.29, 1.82) is 0 Å². The summed E-state index contributed by atoms with van der Waals surface area (Å²) >= 11 is 0. The highest BCUT2D eigenvalue weighted by Crippen LogP contribution is 2.23. The van der Waals surface area contributed by atoms with E-state index in [1.165, 1.54) is 5.56 Å². The van der Waals surface area contributed by atoms with Gasteiger partial charge in [0.15, 0.2) is 0 Å². The summed E-state index contributed by atoms with van der Waals surface area (Å²) in [5, 5.41) is 5.56. The average Bonchev–Trinajstić information content (AvgIpc) is 2.55. The molecule has 0 saturated carbocycles. The number of urea groups is 1. The fourth-order valence-corrected chi connectivity index (χ4v) is 2.34. The van der Waals surface area contributed by atoms with Crippen molar-refractivity contribution in [3.8, 4) is 11.8 Å². The molecular formula is C19H27N3O2. The highest BCUT2D eigenvalue weighted by Gasteiger charge is 2.13. The Morgan fingerprint density at radius 3 is 2.46 bits per heavy atom. The van der Waals surface area contributed by atoms with E-state index >= 15 is 0 Å². The zero-order valence-electron chi connectivity index (χ0n) is 14.8. The van der Waals surface area contributed by atoms with Crippen LogP contribution in [-0.4, -0.2) is 50.3 Å². The van der Waals surface area contributed by atoms with Crippen LogP contribution in [0.25, 0.3) is 0 Å². The third-order valence-electron chi connectivity index (χ3n) is 3.88. The standard InChI is InChI=1S/C19H27N3O2/c1-19(2,3)16-6-8-17(9-7-16)21-18(23)20-10-4-5-11-22-12-14-24-15-13-22/h6-9H,10-15H2,1-3H3,(H2,20,21,23). The van der Waals surface area contributed by atoms with Gasteiger partial charge in [0.25, 0.3) is 0 Å². The highest BCUT2D eigenvalue weighted by molar-refractivity contribution is 5.89. The van der Waals surface area contributed by atoms with Gasteiger partial charge < -0.3 is 15.4 Å². The molecule has 24 heavy (non-hydrogen) atoms. The maximum Gasteiger partial charge on any atom is 0.319 e. The minimum absolute atomic E-state index is 0.108. The molecule has 1 aromatic carbocycles. The number of carbonyl (C=O) groups is 1. The van der Waals surface area contributed by atoms with Crippen molar-refractivity contribution < 1.29 is 9.53 Å². The van der Waals surface area contributed by atoms with Gasteiger partial charge in [0.1, 0.15) is 0 Å². The van der Waals surface area contributed by atoms with E-state index in [1.54, 1.807) is 0 Å². The molecule has 1 aromatic rings. The minimum atomic E-state index is -0.237. The van der Waals surface area contributed by atoms with E-state index in [9.17, 15) is 4.79 Å². The molecule has 0 radical (unpaired) electrons. The second-order valence-electron chi connectivity index (χ2n) is 6.88. The number of amides is 2. The Morgan fingerprint density at radius 1 is 1.17 bits per heavy atom. The number of morpholine rings is 1. The second-order valence-corrected chi connectivity index (χ2v) is 6.88. The van der Waals surface area contributed by atoms with Crippen LogP contribution in [0.4, 0.5) is 10.5 Å². The highest BCUT2D eigenvalue weighted by atomic mass is 16.5. The lowest BCUT2D eigenvalue weighted by Gasteiger charge is -2.24. The van der Waals surface area contributed by atoms with Crippen molar-refractivity contribution in [2.24, 2.45) is 0 Å². The maximum atomic E-state index is 11.8. The number of ether oxygens (including phenoxy) is 1. The van der Waals surface area contributed by atoms with Gasteiger partial charge in [-0.25, -0.2) is 4.79 Å². The number of benzene rings is 1. The molecule has 2 amide bonds. The molecule has 0 unspecified atom stereocenters. The van der Waals surface area contributed by atoms with Gasteiger partial charge in [-0.1, -0.05) is 44.7 Å². The van der Waals surface area contributed by atoms with Crippen LogP contribution in [0.1, 0.15) is 26.3 Å². The van der Waals surface area contributed by atoms with Crippen LogP contribution in [0, 0.1) is 11.8 Å². The van der Waals surface area contributed by atoms with Gasteiger partial charge in [-0.3, -0.25) is 4.90 Å². The normalized spacial score (nSPS) is 15.3. The number of hydrogen-bond acceptors (Lipinski definition) is 3. The third kappa shape index (κ3) is 6.23. The Hall–Kier alpha value is -2.03. The molecule has 1 fully saturated rings. The maximum absolute atomic E-state index is 11.8. The van der Waals surface area contributed by atoms with Gasteiger partial charge in [-0.2, -0.15) is 0 Å². The zero-order valence-corrected chi connectivity index (χ0v) is 14.8. The van der Waals surface area contributed by atoms with Crippen molar-refractivity contribution >= 4 is 11.7 Å². The smallest absolute Gasteiger partial charge is 0.319 e. The van der Waals surface area contributed by atoms with Crippen LogP contribution in [0.5, 0.6) is 0 Å². The summed E-state index contributed by atoms with van der Waals surface area (Å²) in [7, 11) is 0. The predicted octanol–water partition coefficient (Wildman–Crippen LogP) is 2.44. The fourth-order valence-electron chi connectivity index (χ4n) is 2.34. The van der Waals surface area contributed by atoms with E-state index in [0.29, 0.717) is 6.54 Å². The Morgan fingerprint density at radius 2 is 1.83 bits per heavy atom. The van der Waals surface area contributed by atoms with Crippen LogP contribution in [0.2, 0.25) is 0 Å². The lowest BCUT2D eigenvalue weighted by Crippen LogP contribution is -2.36. The fraction of sp³-hybridized carbons (Fsp3) is 0.526. The Kier molecular flexibility index (Phi) is 6.65. The average molecular weight is 329 g/mol. The summed E-state index contributed by atoms with van der Waals surface area (Å²) in [6, 6.07) is 7.68. The first kappa shape index (κ1) is 18.3. The largest absolute Gasteiger partial charge is 0.379 e. The van der Waals surface area contributed by atoms with E-state index in [-0.39, 0.29) is 11.4 Å². The summed E-state index contributed by atoms with van der Waals surface area (Å²) in [5.74, 6) is 6.05. The molecule has 1 saturated heterocycles. The summed E-state index contributed by atoms with van der Waals surface area (Å²) < 4.78 is 5.29. The molecule has 0 aromatic heterocycles. The Bertz CT molecular complexity index is 588. The molecule has 2 rings (SSSR count). The predicted molar refractivity (Wildman–Crippen MR) is 97.2 cm³/mol. The number of nitrogens with zero attached hydrogens (tertiary/aromatic N) is 1. The van der Waals surface area contributed by atoms with Crippen molar-refractivity contribution in [1.82, 2.24) is 10.2 Å². The molecule has 5 nitrogen and oxygen atoms in total. The summed E-state index contributed by atoms with van der Waals surface area (Å²) in [5.41, 5.74) is 2.13. The van der Waals surface area contributed by atoms with Crippen molar-refractivity contribution in [2.75, 3.05) is 44.7 Å². The second kappa shape index (κ2) is 8.72. The Labute approximate surface area is 144 Å². The number of nitrogens with one attached hydrogen (secondary N) is 2. The molecule has 2 N–H and O–H groups in total. The lowest BCUT2D eigenvalue weighted by atomic mass is 9.87. The number of hydrogen-bond donors (Lipinski definition) is 2. The minimum Gasteiger partial charge on any atom is -0.379 e. The molecule has 1 aliphatic rings. The van der Waals surface area contributed by atoms with Crippen LogP contribution in [0.15, 0.2) is 24.3 Å². The van der Waals surface area contributed by atoms with Crippen molar-refractivity contribution in [2.45, 2.75) is 26.2 Å². The molecule has 0 atom stereocenters. The first-order valence-electron chi connectivity index (χ1n) is 8.36. The molecule has 130 valence electrons. The van der Waals surface area contributed by atoms with Crippen LogP contribution in [0.3, 0.4) is 0 Å². The van der Waals surface area contributed by atoms with Gasteiger partial charge in [0.05, 0.1) is 26.3 Å². The van der Waals surface area contributed by atoms with Gasteiger partial charge >= 0.3 is 6.03 Å². The van der Waals surface area contributed by atoms with Gasteiger partial charge in [-0.05, 0) is 23.1 Å². The van der Waals surface area contributed by atoms with Crippen LogP contribution < -0.4 is 10.6 Å². The Balaban J connectivity index is 1.69. The molecular weight excluding hydrogens is 302 g/mol. The van der Waals surface area contributed by atoms with E-state index in [2.05, 4.69) is 48.1 Å². The zero-order chi connectivity index (χ0) is 17.4. The first-order chi connectivity index (χ1) is 11.4. The van der Waals surface area contributed by atoms with E-state index in [0.717, 1.165) is 38.5 Å². The number of rotatable bonds is 3. The van der Waals surface area contributed by atoms with E-state index in [1.807, 2.05) is 24.3 Å². The van der Waals surface area contributed by atoms with Gasteiger partial charge in [0, 0.05) is 18.8 Å². The molecule has 1 aliphatic heterocycles. The quantitative estimate of drug-likeness (QED) is 0.838. The number of carbonyl (C=O) groups excluding carboxylic acids is 1. The first-order valence-corrected chi connectivity index (χ1v) is 8.36. The number of anilines is 1. The summed E-state index contributed by atoms with van der Waals surface area (Å²) in [6.45, 7) is 11.0.